The lowest BCUT2D eigenvalue weighted by Gasteiger charge is -2.23. The van der Waals surface area contributed by atoms with Crippen molar-refractivity contribution in [2.45, 2.75) is 38.0 Å². The van der Waals surface area contributed by atoms with Crippen LogP contribution in [-0.4, -0.2) is 70.6 Å². The molecule has 0 bridgehead atoms. The summed E-state index contributed by atoms with van der Waals surface area (Å²) in [4.78, 5) is 11.7. The Bertz CT molecular complexity index is 1080. The summed E-state index contributed by atoms with van der Waals surface area (Å²) < 4.78 is 45.6. The highest BCUT2D eigenvalue weighted by Gasteiger charge is 2.29. The van der Waals surface area contributed by atoms with Crippen molar-refractivity contribution in [1.82, 2.24) is 30.1 Å². The van der Waals surface area contributed by atoms with E-state index in [2.05, 4.69) is 15.5 Å². The second-order valence-electron chi connectivity index (χ2n) is 7.76. The molecule has 12 heteroatoms. The second-order valence-corrected chi connectivity index (χ2v) is 7.76. The van der Waals surface area contributed by atoms with Crippen molar-refractivity contribution in [2.75, 3.05) is 33.4 Å². The monoisotopic (exact) mass is 464 g/mol. The van der Waals surface area contributed by atoms with Crippen LogP contribution in [0.25, 0.3) is 22.3 Å². The Morgan fingerprint density at radius 1 is 1.33 bits per heavy atom. The smallest absolute Gasteiger partial charge is 0.293 e. The number of rotatable bonds is 11. The molecule has 1 fully saturated rings. The number of hydrogen-bond acceptors (Lipinski definition) is 8. The lowest BCUT2D eigenvalue weighted by atomic mass is 10.1. The number of nitrogens with one attached hydrogen (secondary N) is 1. The van der Waals surface area contributed by atoms with Gasteiger partial charge in [-0.2, -0.15) is 20.1 Å². The summed E-state index contributed by atoms with van der Waals surface area (Å²) in [6.45, 7) is 0.219. The highest BCUT2D eigenvalue weighted by Crippen LogP contribution is 2.34. The summed E-state index contributed by atoms with van der Waals surface area (Å²) in [5.41, 5.74) is 1.82. The van der Waals surface area contributed by atoms with E-state index in [1.54, 1.807) is 29.1 Å². The van der Waals surface area contributed by atoms with Gasteiger partial charge in [0.1, 0.15) is 23.7 Å². The van der Waals surface area contributed by atoms with Crippen LogP contribution in [0.5, 0.6) is 5.75 Å². The average Bonchev–Trinajstić information content (AvgIpc) is 3.43. The fourth-order valence-electron chi connectivity index (χ4n) is 3.73. The molecule has 33 heavy (non-hydrogen) atoms. The van der Waals surface area contributed by atoms with E-state index in [4.69, 9.17) is 19.3 Å². The molecule has 1 aliphatic heterocycles. The van der Waals surface area contributed by atoms with E-state index in [1.165, 1.54) is 11.8 Å². The third-order valence-corrected chi connectivity index (χ3v) is 5.25. The quantitative estimate of drug-likeness (QED) is 0.341. The second kappa shape index (κ2) is 10.2. The van der Waals surface area contributed by atoms with Gasteiger partial charge in [-0.05, 0) is 44.5 Å². The van der Waals surface area contributed by atoms with Gasteiger partial charge in [-0.15, -0.1) is 0 Å². The zero-order valence-electron chi connectivity index (χ0n) is 18.2. The SMILES string of the molecule is CNCC(F)(F)COc1ccc2c(c1)c(-c1cnn(CCOC=O)n1)nn2C1CCCCO1. The van der Waals surface area contributed by atoms with Gasteiger partial charge in [0.05, 0.1) is 24.8 Å². The molecule has 1 aromatic carbocycles. The van der Waals surface area contributed by atoms with Gasteiger partial charge in [0.25, 0.3) is 12.4 Å². The van der Waals surface area contributed by atoms with Crippen LogP contribution in [0.1, 0.15) is 25.5 Å². The molecular formula is C21H26F2N6O4. The molecule has 1 N–H and O–H groups in total. The number of alkyl halides is 2. The summed E-state index contributed by atoms with van der Waals surface area (Å²) in [5, 5.41) is 16.5. The molecule has 4 rings (SSSR count). The van der Waals surface area contributed by atoms with Gasteiger partial charge < -0.3 is 19.5 Å². The first-order chi connectivity index (χ1) is 16.0. The third-order valence-electron chi connectivity index (χ3n) is 5.25. The number of aromatic nitrogens is 5. The maximum absolute atomic E-state index is 13.9. The zero-order chi connectivity index (χ0) is 23.3. The minimum Gasteiger partial charge on any atom is -0.487 e. The molecule has 3 heterocycles. The van der Waals surface area contributed by atoms with E-state index < -0.39 is 19.1 Å². The molecule has 1 atom stereocenters. The van der Waals surface area contributed by atoms with Crippen LogP contribution in [-0.2, 0) is 20.8 Å². The van der Waals surface area contributed by atoms with Crippen LogP contribution >= 0.6 is 0 Å². The molecular weight excluding hydrogens is 438 g/mol. The lowest BCUT2D eigenvalue weighted by Crippen LogP contribution is -2.36. The van der Waals surface area contributed by atoms with Crippen molar-refractivity contribution < 1.29 is 27.8 Å². The maximum atomic E-state index is 13.9. The topological polar surface area (TPSA) is 105 Å². The standard InChI is InChI=1S/C21H26F2N6O4/c1-24-12-21(22,23)13-33-15-5-6-18-16(10-15)20(27-29(18)19-4-2-3-8-32-19)17-11-25-28(26-17)7-9-31-14-30/h5-6,10-11,14,19,24H,2-4,7-9,12-13H2,1H3. The predicted octanol–water partition coefficient (Wildman–Crippen LogP) is 2.40. The molecule has 0 aliphatic carbocycles. The Hall–Kier alpha value is -3.12. The van der Waals surface area contributed by atoms with Gasteiger partial charge in [0, 0.05) is 12.0 Å². The van der Waals surface area contributed by atoms with Crippen LogP contribution < -0.4 is 10.1 Å². The number of halogens is 2. The average molecular weight is 464 g/mol. The van der Waals surface area contributed by atoms with Crippen molar-refractivity contribution in [3.63, 3.8) is 0 Å². The van der Waals surface area contributed by atoms with Gasteiger partial charge in [0.2, 0.25) is 0 Å². The predicted molar refractivity (Wildman–Crippen MR) is 114 cm³/mol. The van der Waals surface area contributed by atoms with Gasteiger partial charge in [-0.1, -0.05) is 0 Å². The summed E-state index contributed by atoms with van der Waals surface area (Å²) >= 11 is 0. The van der Waals surface area contributed by atoms with E-state index in [0.29, 0.717) is 35.6 Å². The number of carbonyl (C=O) groups is 1. The van der Waals surface area contributed by atoms with E-state index in [1.807, 2.05) is 0 Å². The fourth-order valence-corrected chi connectivity index (χ4v) is 3.73. The number of ether oxygens (including phenoxy) is 3. The zero-order valence-corrected chi connectivity index (χ0v) is 18.2. The van der Waals surface area contributed by atoms with E-state index >= 15 is 0 Å². The molecule has 3 aromatic rings. The third kappa shape index (κ3) is 5.45. The van der Waals surface area contributed by atoms with Gasteiger partial charge in [-0.25, -0.2) is 13.5 Å². The Morgan fingerprint density at radius 2 is 2.21 bits per heavy atom. The Kier molecular flexibility index (Phi) is 7.14. The fraction of sp³-hybridized carbons (Fsp3) is 0.524. The van der Waals surface area contributed by atoms with Crippen LogP contribution in [0, 0.1) is 0 Å². The van der Waals surface area contributed by atoms with Crippen LogP contribution in [0.3, 0.4) is 0 Å². The molecule has 1 saturated heterocycles. The molecule has 0 saturated carbocycles. The van der Waals surface area contributed by atoms with E-state index in [0.717, 1.165) is 24.8 Å². The summed E-state index contributed by atoms with van der Waals surface area (Å²) in [5.74, 6) is -2.70. The molecule has 1 aliphatic rings. The van der Waals surface area contributed by atoms with Crippen molar-refractivity contribution in [3.05, 3.63) is 24.4 Å². The molecule has 1 unspecified atom stereocenters. The lowest BCUT2D eigenvalue weighted by molar-refractivity contribution is -0.129. The first kappa shape index (κ1) is 23.1. The van der Waals surface area contributed by atoms with Crippen molar-refractivity contribution >= 4 is 17.4 Å². The summed E-state index contributed by atoms with van der Waals surface area (Å²) in [6.07, 6.45) is 4.18. The number of fused-ring (bicyclic) bond motifs is 1. The molecule has 0 amide bonds. The highest BCUT2D eigenvalue weighted by atomic mass is 19.3. The largest absolute Gasteiger partial charge is 0.487 e. The minimum atomic E-state index is -3.00. The number of carbonyl (C=O) groups excluding carboxylic acids is 1. The molecule has 0 radical (unpaired) electrons. The summed E-state index contributed by atoms with van der Waals surface area (Å²) in [7, 11) is 1.46. The normalized spacial score (nSPS) is 16.8. The number of benzene rings is 1. The number of nitrogens with zero attached hydrogens (tertiary/aromatic N) is 5. The van der Waals surface area contributed by atoms with Gasteiger partial charge in [-0.3, -0.25) is 4.79 Å². The van der Waals surface area contributed by atoms with Crippen molar-refractivity contribution in [3.8, 4) is 17.1 Å². The maximum Gasteiger partial charge on any atom is 0.293 e. The molecule has 0 spiro atoms. The summed E-state index contributed by atoms with van der Waals surface area (Å²) in [6, 6.07) is 5.12. The first-order valence-corrected chi connectivity index (χ1v) is 10.8. The molecule has 178 valence electrons. The minimum absolute atomic E-state index is 0.140. The Labute approximate surface area is 188 Å². The van der Waals surface area contributed by atoms with Crippen LogP contribution in [0.15, 0.2) is 24.4 Å². The Morgan fingerprint density at radius 3 is 2.97 bits per heavy atom. The first-order valence-electron chi connectivity index (χ1n) is 10.8. The molecule has 2 aromatic heterocycles. The van der Waals surface area contributed by atoms with Gasteiger partial charge in [0.15, 0.2) is 12.8 Å². The van der Waals surface area contributed by atoms with Gasteiger partial charge >= 0.3 is 0 Å². The van der Waals surface area contributed by atoms with E-state index in [-0.39, 0.29) is 19.4 Å². The van der Waals surface area contributed by atoms with E-state index in [9.17, 15) is 13.6 Å². The highest BCUT2D eigenvalue weighted by molar-refractivity contribution is 5.93. The Balaban J connectivity index is 1.66. The van der Waals surface area contributed by atoms with Crippen molar-refractivity contribution in [2.24, 2.45) is 0 Å². The number of hydrogen-bond donors (Lipinski definition) is 1. The van der Waals surface area contributed by atoms with Crippen LogP contribution in [0.4, 0.5) is 8.78 Å². The van der Waals surface area contributed by atoms with Crippen molar-refractivity contribution in [1.29, 1.82) is 0 Å². The molecule has 10 nitrogen and oxygen atoms in total. The van der Waals surface area contributed by atoms with Crippen LogP contribution in [0.2, 0.25) is 0 Å².